The second-order valence-electron chi connectivity index (χ2n) is 3.71. The highest BCUT2D eigenvalue weighted by Gasteiger charge is 2.52. The van der Waals surface area contributed by atoms with Crippen LogP contribution in [-0.4, -0.2) is 13.1 Å². The Bertz CT molecular complexity index is 464. The maximum atomic E-state index is 11.8. The van der Waals surface area contributed by atoms with E-state index >= 15 is 0 Å². The van der Waals surface area contributed by atoms with Crippen LogP contribution in [0.4, 0.5) is 0 Å². The SMILES string of the molecule is COC(=O)[C@@]12C=C[C@@H](O1)c1ccccc12. The standard InChI is InChI=1S/C12H10O3/c1-14-11(13)12-7-6-10(15-12)8-4-2-3-5-9(8)12/h2-7,10H,1H3/t10-,12+/m1/s1. The van der Waals surface area contributed by atoms with Crippen molar-refractivity contribution in [1.82, 2.24) is 0 Å². The second-order valence-corrected chi connectivity index (χ2v) is 3.71. The van der Waals surface area contributed by atoms with Crippen molar-refractivity contribution in [3.05, 3.63) is 47.5 Å². The summed E-state index contributed by atoms with van der Waals surface area (Å²) < 4.78 is 10.5. The van der Waals surface area contributed by atoms with Gasteiger partial charge in [-0.1, -0.05) is 30.3 Å². The van der Waals surface area contributed by atoms with Crippen molar-refractivity contribution in [1.29, 1.82) is 0 Å². The molecule has 0 saturated heterocycles. The van der Waals surface area contributed by atoms with Crippen LogP contribution in [-0.2, 0) is 19.9 Å². The highest BCUT2D eigenvalue weighted by molar-refractivity contribution is 5.86. The predicted octanol–water partition coefficient (Wildman–Crippen LogP) is 1.70. The number of hydrogen-bond donors (Lipinski definition) is 0. The zero-order chi connectivity index (χ0) is 10.5. The molecule has 2 heterocycles. The number of ether oxygens (including phenoxy) is 2. The van der Waals surface area contributed by atoms with Crippen molar-refractivity contribution < 1.29 is 14.3 Å². The molecule has 1 aromatic rings. The molecule has 0 fully saturated rings. The van der Waals surface area contributed by atoms with E-state index in [2.05, 4.69) is 0 Å². The Balaban J connectivity index is 2.20. The van der Waals surface area contributed by atoms with Crippen LogP contribution in [0.25, 0.3) is 0 Å². The van der Waals surface area contributed by atoms with Gasteiger partial charge < -0.3 is 9.47 Å². The summed E-state index contributed by atoms with van der Waals surface area (Å²) in [6, 6.07) is 7.74. The summed E-state index contributed by atoms with van der Waals surface area (Å²) in [7, 11) is 1.38. The van der Waals surface area contributed by atoms with E-state index in [4.69, 9.17) is 9.47 Å². The van der Waals surface area contributed by atoms with Crippen molar-refractivity contribution >= 4 is 5.97 Å². The second kappa shape index (κ2) is 2.70. The molecule has 0 amide bonds. The molecule has 1 aromatic carbocycles. The molecule has 2 bridgehead atoms. The normalized spacial score (nSPS) is 30.3. The minimum absolute atomic E-state index is 0.0969. The zero-order valence-electron chi connectivity index (χ0n) is 8.27. The molecule has 2 atom stereocenters. The van der Waals surface area contributed by atoms with Gasteiger partial charge in [0.05, 0.1) is 7.11 Å². The van der Waals surface area contributed by atoms with Gasteiger partial charge in [0.1, 0.15) is 6.10 Å². The maximum absolute atomic E-state index is 11.8. The molecule has 0 radical (unpaired) electrons. The lowest BCUT2D eigenvalue weighted by Gasteiger charge is -2.20. The minimum atomic E-state index is -0.990. The summed E-state index contributed by atoms with van der Waals surface area (Å²) >= 11 is 0. The molecule has 2 aliphatic rings. The molecule has 0 spiro atoms. The lowest BCUT2D eigenvalue weighted by Crippen LogP contribution is -2.33. The van der Waals surface area contributed by atoms with Crippen LogP contribution in [0.2, 0.25) is 0 Å². The maximum Gasteiger partial charge on any atom is 0.347 e. The smallest absolute Gasteiger partial charge is 0.347 e. The van der Waals surface area contributed by atoms with Crippen LogP contribution in [0.15, 0.2) is 36.4 Å². The Hall–Kier alpha value is -1.61. The molecule has 0 saturated carbocycles. The van der Waals surface area contributed by atoms with Gasteiger partial charge in [0.25, 0.3) is 0 Å². The first-order valence-electron chi connectivity index (χ1n) is 4.83. The number of benzene rings is 1. The van der Waals surface area contributed by atoms with E-state index in [9.17, 15) is 4.79 Å². The van der Waals surface area contributed by atoms with Gasteiger partial charge in [0.2, 0.25) is 5.60 Å². The molecule has 3 nitrogen and oxygen atoms in total. The molecule has 15 heavy (non-hydrogen) atoms. The Labute approximate surface area is 87.3 Å². The van der Waals surface area contributed by atoms with Crippen molar-refractivity contribution in [3.8, 4) is 0 Å². The van der Waals surface area contributed by atoms with Gasteiger partial charge in [0.15, 0.2) is 0 Å². The van der Waals surface area contributed by atoms with E-state index < -0.39 is 5.60 Å². The summed E-state index contributed by atoms with van der Waals surface area (Å²) in [6.07, 6.45) is 3.59. The molecular formula is C12H10O3. The monoisotopic (exact) mass is 202 g/mol. The van der Waals surface area contributed by atoms with Crippen LogP contribution in [0.1, 0.15) is 17.2 Å². The van der Waals surface area contributed by atoms with Crippen LogP contribution >= 0.6 is 0 Å². The number of fused-ring (bicyclic) bond motifs is 5. The van der Waals surface area contributed by atoms with Crippen molar-refractivity contribution in [2.24, 2.45) is 0 Å². The first kappa shape index (κ1) is 8.68. The number of hydrogen-bond acceptors (Lipinski definition) is 3. The van der Waals surface area contributed by atoms with Gasteiger partial charge in [-0.25, -0.2) is 4.79 Å². The van der Waals surface area contributed by atoms with Crippen molar-refractivity contribution in [2.75, 3.05) is 7.11 Å². The average molecular weight is 202 g/mol. The van der Waals surface area contributed by atoms with Gasteiger partial charge in [-0.2, -0.15) is 0 Å². The van der Waals surface area contributed by atoms with E-state index in [1.54, 1.807) is 6.08 Å². The highest BCUT2D eigenvalue weighted by Crippen LogP contribution is 2.50. The Morgan fingerprint density at radius 3 is 3.07 bits per heavy atom. The van der Waals surface area contributed by atoms with Crippen LogP contribution in [0.3, 0.4) is 0 Å². The Morgan fingerprint density at radius 1 is 1.47 bits per heavy atom. The quantitative estimate of drug-likeness (QED) is 0.513. The van der Waals surface area contributed by atoms with Gasteiger partial charge in [-0.05, 0) is 11.6 Å². The number of methoxy groups -OCH3 is 1. The molecule has 0 aromatic heterocycles. The molecule has 0 unspecified atom stereocenters. The summed E-state index contributed by atoms with van der Waals surface area (Å²) in [5.41, 5.74) is 0.977. The first-order chi connectivity index (χ1) is 7.28. The molecule has 3 rings (SSSR count). The Morgan fingerprint density at radius 2 is 2.27 bits per heavy atom. The average Bonchev–Trinajstić information content (AvgIpc) is 2.86. The fraction of sp³-hybridized carbons (Fsp3) is 0.250. The topological polar surface area (TPSA) is 35.5 Å². The van der Waals surface area contributed by atoms with E-state index in [-0.39, 0.29) is 12.1 Å². The van der Waals surface area contributed by atoms with E-state index in [1.807, 2.05) is 30.3 Å². The number of rotatable bonds is 1. The third-order valence-electron chi connectivity index (χ3n) is 2.97. The third-order valence-corrected chi connectivity index (χ3v) is 2.97. The van der Waals surface area contributed by atoms with Crippen molar-refractivity contribution in [2.45, 2.75) is 11.7 Å². The molecule has 0 aliphatic carbocycles. The van der Waals surface area contributed by atoms with Gasteiger partial charge in [-0.15, -0.1) is 0 Å². The van der Waals surface area contributed by atoms with Crippen molar-refractivity contribution in [3.63, 3.8) is 0 Å². The van der Waals surface area contributed by atoms with E-state index in [0.717, 1.165) is 11.1 Å². The number of carbonyl (C=O) groups excluding carboxylic acids is 1. The summed E-state index contributed by atoms with van der Waals surface area (Å²) in [5, 5.41) is 0. The minimum Gasteiger partial charge on any atom is -0.466 e. The lowest BCUT2D eigenvalue weighted by molar-refractivity contribution is -0.162. The largest absolute Gasteiger partial charge is 0.466 e. The fourth-order valence-electron chi connectivity index (χ4n) is 2.28. The summed E-state index contributed by atoms with van der Waals surface area (Å²) in [6.45, 7) is 0. The summed E-state index contributed by atoms with van der Waals surface area (Å²) in [5.74, 6) is -0.355. The number of carbonyl (C=O) groups is 1. The predicted molar refractivity (Wildman–Crippen MR) is 53.1 cm³/mol. The molecule has 3 heteroatoms. The Kier molecular flexibility index (Phi) is 1.56. The summed E-state index contributed by atoms with van der Waals surface area (Å²) in [4.78, 5) is 11.8. The molecule has 2 aliphatic heterocycles. The molecular weight excluding hydrogens is 192 g/mol. The highest BCUT2D eigenvalue weighted by atomic mass is 16.6. The van der Waals surface area contributed by atoms with Crippen LogP contribution in [0, 0.1) is 0 Å². The number of esters is 1. The van der Waals surface area contributed by atoms with Crippen LogP contribution < -0.4 is 0 Å². The van der Waals surface area contributed by atoms with Gasteiger partial charge in [-0.3, -0.25) is 0 Å². The van der Waals surface area contributed by atoms with Crippen LogP contribution in [0.5, 0.6) is 0 Å². The van der Waals surface area contributed by atoms with Gasteiger partial charge in [0, 0.05) is 5.56 Å². The van der Waals surface area contributed by atoms with Gasteiger partial charge >= 0.3 is 5.97 Å². The van der Waals surface area contributed by atoms with E-state index in [1.165, 1.54) is 7.11 Å². The first-order valence-corrected chi connectivity index (χ1v) is 4.83. The zero-order valence-corrected chi connectivity index (χ0v) is 8.27. The fourth-order valence-corrected chi connectivity index (χ4v) is 2.28. The molecule has 0 N–H and O–H groups in total. The molecule has 76 valence electrons. The lowest BCUT2D eigenvalue weighted by atomic mass is 9.87. The third kappa shape index (κ3) is 0.908. The van der Waals surface area contributed by atoms with E-state index in [0.29, 0.717) is 0 Å².